The van der Waals surface area contributed by atoms with Gasteiger partial charge in [-0.15, -0.1) is 0 Å². The van der Waals surface area contributed by atoms with Crippen molar-refractivity contribution in [3.8, 4) is 5.75 Å². The van der Waals surface area contributed by atoms with Gasteiger partial charge in [0.2, 0.25) is 0 Å². The van der Waals surface area contributed by atoms with Crippen molar-refractivity contribution in [3.63, 3.8) is 0 Å². The van der Waals surface area contributed by atoms with Crippen molar-refractivity contribution in [3.05, 3.63) is 29.8 Å². The molecule has 4 heteroatoms. The number of hydrogen-bond acceptors (Lipinski definition) is 3. The lowest BCUT2D eigenvalue weighted by molar-refractivity contribution is -0.123. The van der Waals surface area contributed by atoms with E-state index in [9.17, 15) is 9.59 Å². The molecule has 1 saturated carbocycles. The fourth-order valence-corrected chi connectivity index (χ4v) is 1.42. The van der Waals surface area contributed by atoms with E-state index >= 15 is 0 Å². The highest BCUT2D eigenvalue weighted by molar-refractivity contribution is 5.77. The molecule has 0 aromatic heterocycles. The van der Waals surface area contributed by atoms with E-state index in [-0.39, 0.29) is 12.5 Å². The quantitative estimate of drug-likeness (QED) is 0.756. The number of ether oxygens (including phenoxy) is 1. The number of benzene rings is 1. The van der Waals surface area contributed by atoms with Gasteiger partial charge in [-0.2, -0.15) is 0 Å². The van der Waals surface area contributed by atoms with Crippen LogP contribution in [0.2, 0.25) is 0 Å². The van der Waals surface area contributed by atoms with Gasteiger partial charge in [-0.3, -0.25) is 9.59 Å². The maximum atomic E-state index is 11.4. The van der Waals surface area contributed by atoms with Gasteiger partial charge in [0.15, 0.2) is 6.61 Å². The van der Waals surface area contributed by atoms with Crippen LogP contribution in [0.3, 0.4) is 0 Å². The van der Waals surface area contributed by atoms with Crippen molar-refractivity contribution in [2.45, 2.75) is 12.8 Å². The largest absolute Gasteiger partial charge is 0.484 e. The summed E-state index contributed by atoms with van der Waals surface area (Å²) < 4.78 is 5.29. The second kappa shape index (κ2) is 5.48. The molecule has 17 heavy (non-hydrogen) atoms. The van der Waals surface area contributed by atoms with Crippen LogP contribution in [0.5, 0.6) is 5.75 Å². The van der Waals surface area contributed by atoms with Crippen molar-refractivity contribution < 1.29 is 14.3 Å². The zero-order chi connectivity index (χ0) is 12.1. The van der Waals surface area contributed by atoms with Crippen molar-refractivity contribution in [2.24, 2.45) is 5.92 Å². The Balaban J connectivity index is 1.71. The molecular formula is C13H15NO3. The van der Waals surface area contributed by atoms with Crippen LogP contribution in [-0.4, -0.2) is 25.3 Å². The zero-order valence-electron chi connectivity index (χ0n) is 9.52. The Morgan fingerprint density at radius 2 is 2.06 bits per heavy atom. The molecule has 0 saturated heterocycles. The van der Waals surface area contributed by atoms with Crippen LogP contribution in [0.1, 0.15) is 23.2 Å². The fraction of sp³-hybridized carbons (Fsp3) is 0.385. The summed E-state index contributed by atoms with van der Waals surface area (Å²) in [6.45, 7) is 0.777. The molecular weight excluding hydrogens is 218 g/mol. The van der Waals surface area contributed by atoms with Gasteiger partial charge in [0.1, 0.15) is 12.0 Å². The first kappa shape index (κ1) is 11.6. The number of nitrogens with one attached hydrogen (secondary N) is 1. The molecule has 1 aromatic carbocycles. The SMILES string of the molecule is O=Cc1ccc(OCC(=O)NCC2CC2)cc1. The van der Waals surface area contributed by atoms with Crippen LogP contribution in [-0.2, 0) is 4.79 Å². The fourth-order valence-electron chi connectivity index (χ4n) is 1.42. The van der Waals surface area contributed by atoms with Crippen molar-refractivity contribution in [2.75, 3.05) is 13.2 Å². The second-order valence-corrected chi connectivity index (χ2v) is 4.22. The zero-order valence-corrected chi connectivity index (χ0v) is 9.52. The molecule has 4 nitrogen and oxygen atoms in total. The minimum absolute atomic E-state index is 0.0210. The predicted octanol–water partition coefficient (Wildman–Crippen LogP) is 1.40. The third-order valence-electron chi connectivity index (χ3n) is 2.67. The number of aldehydes is 1. The third kappa shape index (κ3) is 3.90. The van der Waals surface area contributed by atoms with Gasteiger partial charge >= 0.3 is 0 Å². The summed E-state index contributed by atoms with van der Waals surface area (Å²) in [5.41, 5.74) is 0.593. The first-order valence-electron chi connectivity index (χ1n) is 5.72. The van der Waals surface area contributed by atoms with Crippen LogP contribution in [0.4, 0.5) is 0 Å². The summed E-state index contributed by atoms with van der Waals surface area (Å²) in [6.07, 6.45) is 3.20. The van der Waals surface area contributed by atoms with Gasteiger partial charge in [-0.1, -0.05) is 0 Å². The lowest BCUT2D eigenvalue weighted by Gasteiger charge is -2.06. The normalized spacial score (nSPS) is 14.1. The van der Waals surface area contributed by atoms with E-state index in [4.69, 9.17) is 4.74 Å². The average molecular weight is 233 g/mol. The number of carbonyl (C=O) groups excluding carboxylic acids is 2. The number of amides is 1. The van der Waals surface area contributed by atoms with Gasteiger partial charge in [0, 0.05) is 12.1 Å². The monoisotopic (exact) mass is 233 g/mol. The predicted molar refractivity (Wildman–Crippen MR) is 63.1 cm³/mol. The summed E-state index contributed by atoms with van der Waals surface area (Å²) in [7, 11) is 0. The van der Waals surface area contributed by atoms with Crippen LogP contribution in [0.15, 0.2) is 24.3 Å². The highest BCUT2D eigenvalue weighted by atomic mass is 16.5. The summed E-state index contributed by atoms with van der Waals surface area (Å²) >= 11 is 0. The Kier molecular flexibility index (Phi) is 3.75. The first-order valence-corrected chi connectivity index (χ1v) is 5.72. The Labute approximate surface area is 100.0 Å². The molecule has 0 bridgehead atoms. The molecule has 2 rings (SSSR count). The molecule has 0 radical (unpaired) electrons. The van der Waals surface area contributed by atoms with Crippen LogP contribution >= 0.6 is 0 Å². The molecule has 1 aliphatic carbocycles. The standard InChI is InChI=1S/C13H15NO3/c15-8-11-3-5-12(6-4-11)17-9-13(16)14-7-10-1-2-10/h3-6,8,10H,1-2,7,9H2,(H,14,16). The van der Waals surface area contributed by atoms with Gasteiger partial charge in [-0.05, 0) is 43.0 Å². The molecule has 1 aromatic rings. The maximum absolute atomic E-state index is 11.4. The van der Waals surface area contributed by atoms with Crippen molar-refractivity contribution in [1.82, 2.24) is 5.32 Å². The van der Waals surface area contributed by atoms with Crippen LogP contribution in [0.25, 0.3) is 0 Å². The summed E-state index contributed by atoms with van der Waals surface area (Å²) in [6, 6.07) is 6.67. The average Bonchev–Trinajstić information content (AvgIpc) is 3.18. The molecule has 90 valence electrons. The Morgan fingerprint density at radius 3 is 2.65 bits per heavy atom. The molecule has 1 N–H and O–H groups in total. The Morgan fingerprint density at radius 1 is 1.35 bits per heavy atom. The van der Waals surface area contributed by atoms with E-state index in [0.29, 0.717) is 17.2 Å². The minimum atomic E-state index is -0.101. The lowest BCUT2D eigenvalue weighted by atomic mass is 10.2. The number of carbonyl (C=O) groups is 2. The molecule has 0 aliphatic heterocycles. The van der Waals surface area contributed by atoms with E-state index in [1.54, 1.807) is 24.3 Å². The summed E-state index contributed by atoms with van der Waals surface area (Å²) in [4.78, 5) is 21.8. The summed E-state index contributed by atoms with van der Waals surface area (Å²) in [5, 5.41) is 2.82. The van der Waals surface area contributed by atoms with E-state index in [1.807, 2.05) is 0 Å². The van der Waals surface area contributed by atoms with Crippen molar-refractivity contribution >= 4 is 12.2 Å². The summed E-state index contributed by atoms with van der Waals surface area (Å²) in [5.74, 6) is 1.17. The molecule has 0 spiro atoms. The molecule has 1 fully saturated rings. The van der Waals surface area contributed by atoms with E-state index in [0.717, 1.165) is 12.8 Å². The lowest BCUT2D eigenvalue weighted by Crippen LogP contribution is -2.30. The topological polar surface area (TPSA) is 55.4 Å². The van der Waals surface area contributed by atoms with E-state index < -0.39 is 0 Å². The van der Waals surface area contributed by atoms with Gasteiger partial charge in [-0.25, -0.2) is 0 Å². The molecule has 0 heterocycles. The van der Waals surface area contributed by atoms with Crippen LogP contribution in [0, 0.1) is 5.92 Å². The van der Waals surface area contributed by atoms with Crippen LogP contribution < -0.4 is 10.1 Å². The Hall–Kier alpha value is -1.84. The number of rotatable bonds is 6. The third-order valence-corrected chi connectivity index (χ3v) is 2.67. The van der Waals surface area contributed by atoms with Gasteiger partial charge in [0.25, 0.3) is 5.91 Å². The maximum Gasteiger partial charge on any atom is 0.257 e. The Bertz CT molecular complexity index is 396. The molecule has 0 unspecified atom stereocenters. The minimum Gasteiger partial charge on any atom is -0.484 e. The van der Waals surface area contributed by atoms with E-state index in [2.05, 4.69) is 5.32 Å². The molecule has 1 aliphatic rings. The van der Waals surface area contributed by atoms with Gasteiger partial charge in [0.05, 0.1) is 0 Å². The molecule has 0 atom stereocenters. The highest BCUT2D eigenvalue weighted by Crippen LogP contribution is 2.27. The van der Waals surface area contributed by atoms with Crippen molar-refractivity contribution in [1.29, 1.82) is 0 Å². The number of hydrogen-bond donors (Lipinski definition) is 1. The highest BCUT2D eigenvalue weighted by Gasteiger charge is 2.21. The smallest absolute Gasteiger partial charge is 0.257 e. The first-order chi connectivity index (χ1) is 8.28. The molecule has 1 amide bonds. The second-order valence-electron chi connectivity index (χ2n) is 4.22. The van der Waals surface area contributed by atoms with E-state index in [1.165, 1.54) is 12.8 Å². The van der Waals surface area contributed by atoms with Gasteiger partial charge < -0.3 is 10.1 Å².